The van der Waals surface area contributed by atoms with Crippen LogP contribution in [-0.2, 0) is 24.7 Å². The van der Waals surface area contributed by atoms with Crippen LogP contribution in [0.15, 0.2) is 42.6 Å². The van der Waals surface area contributed by atoms with E-state index in [0.717, 1.165) is 17.7 Å². The third kappa shape index (κ3) is 3.93. The van der Waals surface area contributed by atoms with Crippen molar-refractivity contribution in [3.05, 3.63) is 53.9 Å². The average molecular weight is 272 g/mol. The molecule has 1 aromatic carbocycles. The lowest BCUT2D eigenvalue weighted by atomic mass is 10.1. The normalized spacial score (nSPS) is 12.1. The first kappa shape index (κ1) is 14.3. The van der Waals surface area contributed by atoms with Crippen LogP contribution in [0.5, 0.6) is 0 Å². The van der Waals surface area contributed by atoms with Gasteiger partial charge in [0.15, 0.2) is 0 Å². The van der Waals surface area contributed by atoms with E-state index in [1.54, 1.807) is 10.9 Å². The van der Waals surface area contributed by atoms with E-state index < -0.39 is 6.04 Å². The Hall–Kier alpha value is -2.14. The van der Waals surface area contributed by atoms with Gasteiger partial charge in [0.2, 0.25) is 5.91 Å². The summed E-state index contributed by atoms with van der Waals surface area (Å²) in [6, 6.07) is 11.2. The smallest absolute Gasteiger partial charge is 0.237 e. The third-order valence-corrected chi connectivity index (χ3v) is 3.24. The molecule has 2 aromatic rings. The molecule has 3 N–H and O–H groups in total. The number of nitrogens with zero attached hydrogens (tertiary/aromatic N) is 2. The molecule has 0 aliphatic carbocycles. The molecule has 1 heterocycles. The second kappa shape index (κ2) is 6.86. The number of carbonyl (C=O) groups excluding carboxylic acids is 1. The van der Waals surface area contributed by atoms with Crippen LogP contribution in [0, 0.1) is 0 Å². The second-order valence-electron chi connectivity index (χ2n) is 4.78. The molecule has 5 heteroatoms. The highest BCUT2D eigenvalue weighted by atomic mass is 16.2. The molecule has 5 nitrogen and oxygen atoms in total. The van der Waals surface area contributed by atoms with E-state index in [-0.39, 0.29) is 5.91 Å². The molecule has 2 rings (SSSR count). The zero-order chi connectivity index (χ0) is 14.4. The lowest BCUT2D eigenvalue weighted by Gasteiger charge is -2.12. The first-order valence-corrected chi connectivity index (χ1v) is 6.71. The Labute approximate surface area is 118 Å². The van der Waals surface area contributed by atoms with Crippen molar-refractivity contribution in [2.45, 2.75) is 18.9 Å². The molecule has 106 valence electrons. The number of carbonyl (C=O) groups is 1. The van der Waals surface area contributed by atoms with Gasteiger partial charge in [-0.3, -0.25) is 9.48 Å². The van der Waals surface area contributed by atoms with Gasteiger partial charge in [-0.15, -0.1) is 0 Å². The monoisotopic (exact) mass is 272 g/mol. The van der Waals surface area contributed by atoms with Gasteiger partial charge >= 0.3 is 0 Å². The molecule has 0 aliphatic heterocycles. The number of amides is 1. The molecule has 0 aliphatic rings. The van der Waals surface area contributed by atoms with Gasteiger partial charge in [-0.2, -0.15) is 5.10 Å². The zero-order valence-corrected chi connectivity index (χ0v) is 11.6. The van der Waals surface area contributed by atoms with E-state index in [4.69, 9.17) is 5.73 Å². The van der Waals surface area contributed by atoms with Gasteiger partial charge in [0.25, 0.3) is 0 Å². The van der Waals surface area contributed by atoms with E-state index in [1.165, 1.54) is 0 Å². The number of hydrogen-bond acceptors (Lipinski definition) is 3. The van der Waals surface area contributed by atoms with Gasteiger partial charge in [0.05, 0.1) is 6.04 Å². The number of aromatic nitrogens is 2. The lowest BCUT2D eigenvalue weighted by molar-refractivity contribution is -0.122. The number of rotatable bonds is 6. The van der Waals surface area contributed by atoms with Crippen LogP contribution >= 0.6 is 0 Å². The van der Waals surface area contributed by atoms with E-state index >= 15 is 0 Å². The van der Waals surface area contributed by atoms with Crippen molar-refractivity contribution in [1.29, 1.82) is 0 Å². The predicted molar refractivity (Wildman–Crippen MR) is 78.0 cm³/mol. The minimum atomic E-state index is -0.510. The van der Waals surface area contributed by atoms with Crippen LogP contribution in [0.3, 0.4) is 0 Å². The standard InChI is InChI=1S/C15H20N4O/c1-19-13(8-10-18-19)7-9-17-15(20)14(16)11-12-5-3-2-4-6-12/h2-6,8,10,14H,7,9,11,16H2,1H3,(H,17,20). The minimum Gasteiger partial charge on any atom is -0.354 e. The van der Waals surface area contributed by atoms with Gasteiger partial charge in [0, 0.05) is 31.9 Å². The maximum absolute atomic E-state index is 11.9. The molecule has 0 saturated heterocycles. The maximum atomic E-state index is 11.9. The topological polar surface area (TPSA) is 72.9 Å². The quantitative estimate of drug-likeness (QED) is 0.811. The van der Waals surface area contributed by atoms with Crippen LogP contribution in [0.1, 0.15) is 11.3 Å². The van der Waals surface area contributed by atoms with Crippen molar-refractivity contribution in [2.24, 2.45) is 12.8 Å². The first-order chi connectivity index (χ1) is 9.66. The highest BCUT2D eigenvalue weighted by Gasteiger charge is 2.13. The Balaban J connectivity index is 1.76. The van der Waals surface area contributed by atoms with Gasteiger partial charge in [0.1, 0.15) is 0 Å². The average Bonchev–Trinajstić information content (AvgIpc) is 2.85. The number of nitrogens with one attached hydrogen (secondary N) is 1. The van der Waals surface area contributed by atoms with Crippen LogP contribution in [0.25, 0.3) is 0 Å². The van der Waals surface area contributed by atoms with Gasteiger partial charge in [-0.1, -0.05) is 30.3 Å². The molecule has 20 heavy (non-hydrogen) atoms. The van der Waals surface area contributed by atoms with E-state index in [1.807, 2.05) is 43.4 Å². The molecular formula is C15H20N4O. The highest BCUT2D eigenvalue weighted by molar-refractivity contribution is 5.81. The summed E-state index contributed by atoms with van der Waals surface area (Å²) in [5.74, 6) is -0.115. The summed E-state index contributed by atoms with van der Waals surface area (Å²) >= 11 is 0. The van der Waals surface area contributed by atoms with Crippen LogP contribution in [0.2, 0.25) is 0 Å². The summed E-state index contributed by atoms with van der Waals surface area (Å²) in [4.78, 5) is 11.9. The summed E-state index contributed by atoms with van der Waals surface area (Å²) < 4.78 is 1.80. The molecule has 1 amide bonds. The number of aryl methyl sites for hydroxylation is 1. The Morgan fingerprint density at radius 2 is 2.10 bits per heavy atom. The van der Waals surface area contributed by atoms with Crippen molar-refractivity contribution < 1.29 is 4.79 Å². The molecule has 0 fully saturated rings. The van der Waals surface area contributed by atoms with Gasteiger partial charge in [-0.25, -0.2) is 0 Å². The summed E-state index contributed by atoms with van der Waals surface area (Å²) in [6.45, 7) is 0.570. The lowest BCUT2D eigenvalue weighted by Crippen LogP contribution is -2.42. The molecule has 0 spiro atoms. The largest absolute Gasteiger partial charge is 0.354 e. The Bertz CT molecular complexity index is 550. The van der Waals surface area contributed by atoms with Gasteiger partial charge in [-0.05, 0) is 18.1 Å². The summed E-state index contributed by atoms with van der Waals surface area (Å²) in [6.07, 6.45) is 3.05. The minimum absolute atomic E-state index is 0.115. The SMILES string of the molecule is Cn1nccc1CCNC(=O)C(N)Cc1ccccc1. The Morgan fingerprint density at radius 1 is 1.35 bits per heavy atom. The summed E-state index contributed by atoms with van der Waals surface area (Å²) in [5.41, 5.74) is 8.07. The molecule has 0 saturated carbocycles. The highest BCUT2D eigenvalue weighted by Crippen LogP contribution is 2.02. The van der Waals surface area contributed by atoms with Crippen LogP contribution in [-0.4, -0.2) is 28.3 Å². The number of nitrogens with two attached hydrogens (primary N) is 1. The van der Waals surface area contributed by atoms with Crippen molar-refractivity contribution >= 4 is 5.91 Å². The zero-order valence-electron chi connectivity index (χ0n) is 11.6. The van der Waals surface area contributed by atoms with Crippen LogP contribution in [0.4, 0.5) is 0 Å². The molecular weight excluding hydrogens is 252 g/mol. The van der Waals surface area contributed by atoms with E-state index in [9.17, 15) is 4.79 Å². The fourth-order valence-corrected chi connectivity index (χ4v) is 2.05. The fourth-order valence-electron chi connectivity index (χ4n) is 2.05. The third-order valence-electron chi connectivity index (χ3n) is 3.24. The van der Waals surface area contributed by atoms with Crippen molar-refractivity contribution in [2.75, 3.05) is 6.54 Å². The summed E-state index contributed by atoms with van der Waals surface area (Å²) in [5, 5.41) is 6.95. The Kier molecular flexibility index (Phi) is 4.90. The van der Waals surface area contributed by atoms with Crippen LogP contribution < -0.4 is 11.1 Å². The maximum Gasteiger partial charge on any atom is 0.237 e. The van der Waals surface area contributed by atoms with Crippen molar-refractivity contribution in [3.8, 4) is 0 Å². The molecule has 0 radical (unpaired) electrons. The fraction of sp³-hybridized carbons (Fsp3) is 0.333. The van der Waals surface area contributed by atoms with E-state index in [0.29, 0.717) is 13.0 Å². The predicted octanol–water partition coefficient (Wildman–Crippen LogP) is 0.649. The van der Waals surface area contributed by atoms with E-state index in [2.05, 4.69) is 10.4 Å². The first-order valence-electron chi connectivity index (χ1n) is 6.71. The van der Waals surface area contributed by atoms with Crippen molar-refractivity contribution in [1.82, 2.24) is 15.1 Å². The number of hydrogen-bond donors (Lipinski definition) is 2. The van der Waals surface area contributed by atoms with Gasteiger partial charge < -0.3 is 11.1 Å². The molecule has 1 unspecified atom stereocenters. The summed E-state index contributed by atoms with van der Waals surface area (Å²) in [7, 11) is 1.89. The molecule has 1 aromatic heterocycles. The Morgan fingerprint density at radius 3 is 2.75 bits per heavy atom. The number of benzene rings is 1. The van der Waals surface area contributed by atoms with Crippen molar-refractivity contribution in [3.63, 3.8) is 0 Å². The molecule has 1 atom stereocenters. The second-order valence-corrected chi connectivity index (χ2v) is 4.78. The molecule has 0 bridgehead atoms.